The van der Waals surface area contributed by atoms with E-state index in [0.29, 0.717) is 12.2 Å². The summed E-state index contributed by atoms with van der Waals surface area (Å²) in [6.45, 7) is 9.25. The van der Waals surface area contributed by atoms with Crippen molar-refractivity contribution in [3.8, 4) is 39.1 Å². The SMILES string of the molecule is C=C1Oc2c(cccc2-c2ccc3c(c2)C(C)(C)c2ccccc2-3)C/C=C(/N(c2ccccc2)c2ccc(-c3ccc4oc5ccccc5c4c3)cc2)c2ccccc21. The van der Waals surface area contributed by atoms with Crippen LogP contribution >= 0.6 is 0 Å². The van der Waals surface area contributed by atoms with Crippen molar-refractivity contribution >= 4 is 44.8 Å². The van der Waals surface area contributed by atoms with E-state index in [-0.39, 0.29) is 5.41 Å². The first-order chi connectivity index (χ1) is 28.9. The molecule has 1 aliphatic carbocycles. The highest BCUT2D eigenvalue weighted by Gasteiger charge is 2.35. The highest BCUT2D eigenvalue weighted by molar-refractivity contribution is 6.06. The van der Waals surface area contributed by atoms with Gasteiger partial charge in [0, 0.05) is 44.3 Å². The monoisotopic (exact) mass is 759 g/mol. The van der Waals surface area contributed by atoms with Gasteiger partial charge in [0.2, 0.25) is 0 Å². The van der Waals surface area contributed by atoms with Gasteiger partial charge in [0.25, 0.3) is 0 Å². The number of allylic oxidation sites excluding steroid dienone is 1. The average Bonchev–Trinajstić information content (AvgIpc) is 3.78. The molecule has 1 aliphatic heterocycles. The van der Waals surface area contributed by atoms with Crippen molar-refractivity contribution in [2.24, 2.45) is 0 Å². The van der Waals surface area contributed by atoms with Crippen LogP contribution in [0.15, 0.2) is 199 Å². The van der Waals surface area contributed by atoms with E-state index < -0.39 is 0 Å². The number of rotatable bonds is 5. The number of para-hydroxylation sites is 3. The Bertz CT molecular complexity index is 3150. The lowest BCUT2D eigenvalue weighted by atomic mass is 9.81. The Balaban J connectivity index is 1.02. The van der Waals surface area contributed by atoms with E-state index in [0.717, 1.165) is 83.7 Å². The van der Waals surface area contributed by atoms with Gasteiger partial charge in [0.15, 0.2) is 0 Å². The van der Waals surface area contributed by atoms with Gasteiger partial charge in [-0.05, 0) is 99.5 Å². The third kappa shape index (κ3) is 5.73. The van der Waals surface area contributed by atoms with Crippen molar-refractivity contribution in [2.45, 2.75) is 25.7 Å². The molecule has 2 heterocycles. The van der Waals surface area contributed by atoms with E-state index in [1.54, 1.807) is 0 Å². The molecule has 2 aliphatic rings. The van der Waals surface area contributed by atoms with Gasteiger partial charge in [-0.15, -0.1) is 0 Å². The molecule has 0 unspecified atom stereocenters. The smallest absolute Gasteiger partial charge is 0.138 e. The van der Waals surface area contributed by atoms with Gasteiger partial charge < -0.3 is 14.1 Å². The molecule has 0 saturated heterocycles. The van der Waals surface area contributed by atoms with Crippen molar-refractivity contribution in [1.82, 2.24) is 0 Å². The lowest BCUT2D eigenvalue weighted by molar-refractivity contribution is 0.513. The zero-order chi connectivity index (χ0) is 39.7. The molecule has 8 aromatic carbocycles. The van der Waals surface area contributed by atoms with Crippen molar-refractivity contribution in [3.05, 3.63) is 222 Å². The zero-order valence-corrected chi connectivity index (χ0v) is 33.1. The Kier molecular flexibility index (Phi) is 8.06. The summed E-state index contributed by atoms with van der Waals surface area (Å²) < 4.78 is 13.1. The third-order valence-corrected chi connectivity index (χ3v) is 12.3. The normalized spacial score (nSPS) is 14.8. The Morgan fingerprint density at radius 1 is 0.492 bits per heavy atom. The van der Waals surface area contributed by atoms with E-state index in [2.05, 4.69) is 201 Å². The first kappa shape index (κ1) is 34.9. The number of anilines is 2. The predicted octanol–water partition coefficient (Wildman–Crippen LogP) is 15.0. The Morgan fingerprint density at radius 2 is 1.14 bits per heavy atom. The van der Waals surface area contributed by atoms with Crippen LogP contribution in [0.2, 0.25) is 0 Å². The first-order valence-corrected chi connectivity index (χ1v) is 20.3. The molecular formula is C56H41NO2. The number of hydrogen-bond donors (Lipinski definition) is 0. The van der Waals surface area contributed by atoms with Crippen LogP contribution in [0, 0.1) is 0 Å². The molecule has 0 fully saturated rings. The second-order valence-corrected chi connectivity index (χ2v) is 16.1. The average molecular weight is 760 g/mol. The highest BCUT2D eigenvalue weighted by atomic mass is 16.5. The Hall–Kier alpha value is -7.36. The topological polar surface area (TPSA) is 25.6 Å². The Morgan fingerprint density at radius 3 is 1.98 bits per heavy atom. The quantitative estimate of drug-likeness (QED) is 0.175. The molecule has 0 amide bonds. The molecule has 9 aromatic rings. The molecule has 0 bridgehead atoms. The second kappa shape index (κ2) is 13.6. The van der Waals surface area contributed by atoms with Gasteiger partial charge in [0.1, 0.15) is 22.7 Å². The fourth-order valence-electron chi connectivity index (χ4n) is 9.33. The minimum absolute atomic E-state index is 0.106. The molecule has 59 heavy (non-hydrogen) atoms. The summed E-state index contributed by atoms with van der Waals surface area (Å²) in [6, 6.07) is 64.9. The fraction of sp³-hybridized carbons (Fsp3) is 0.0714. The number of hydrogen-bond acceptors (Lipinski definition) is 3. The molecule has 0 N–H and O–H groups in total. The second-order valence-electron chi connectivity index (χ2n) is 16.1. The summed E-state index contributed by atoms with van der Waals surface area (Å²) in [5, 5.41) is 2.25. The Labute approximate surface area is 344 Å². The summed E-state index contributed by atoms with van der Waals surface area (Å²) in [5.41, 5.74) is 17.8. The van der Waals surface area contributed by atoms with Crippen molar-refractivity contribution < 1.29 is 9.15 Å². The number of benzene rings is 8. The van der Waals surface area contributed by atoms with E-state index in [1.165, 1.54) is 22.3 Å². The summed E-state index contributed by atoms with van der Waals surface area (Å²) in [7, 11) is 0. The van der Waals surface area contributed by atoms with Gasteiger partial charge in [-0.1, -0.05) is 160 Å². The van der Waals surface area contributed by atoms with Gasteiger partial charge in [-0.3, -0.25) is 0 Å². The molecule has 0 atom stereocenters. The van der Waals surface area contributed by atoms with Crippen molar-refractivity contribution in [2.75, 3.05) is 4.90 Å². The molecule has 1 aromatic heterocycles. The zero-order valence-electron chi connectivity index (χ0n) is 33.1. The van der Waals surface area contributed by atoms with Crippen LogP contribution < -0.4 is 9.64 Å². The molecule has 0 spiro atoms. The maximum absolute atomic E-state index is 6.96. The van der Waals surface area contributed by atoms with E-state index >= 15 is 0 Å². The summed E-state index contributed by atoms with van der Waals surface area (Å²) >= 11 is 0. The lowest BCUT2D eigenvalue weighted by Gasteiger charge is -2.29. The van der Waals surface area contributed by atoms with Crippen LogP contribution in [-0.4, -0.2) is 0 Å². The molecular weight excluding hydrogens is 719 g/mol. The maximum atomic E-state index is 6.96. The number of nitrogens with zero attached hydrogens (tertiary/aromatic N) is 1. The predicted molar refractivity (Wildman–Crippen MR) is 245 cm³/mol. The molecule has 3 nitrogen and oxygen atoms in total. The standard InChI is InChI=1S/C56H41NO2/c1-36-43-17-7-8-19-47(43)52(32-27-38-14-13-21-44(55(38)58-36)40-26-31-46-45-18-9-11-22-50(45)56(2,3)51(46)35-40)57(41-15-5-4-6-16-41)42-29-24-37(25-30-42)39-28-33-54-49(34-39)48-20-10-12-23-53(48)59-54/h4-26,28-35H,1,27H2,2-3H3/b52-32+. The van der Waals surface area contributed by atoms with Crippen LogP contribution in [0.3, 0.4) is 0 Å². The fourth-order valence-corrected chi connectivity index (χ4v) is 9.33. The van der Waals surface area contributed by atoms with Crippen LogP contribution in [0.1, 0.15) is 41.7 Å². The first-order valence-electron chi connectivity index (χ1n) is 20.3. The van der Waals surface area contributed by atoms with E-state index in [9.17, 15) is 0 Å². The summed E-state index contributed by atoms with van der Waals surface area (Å²) in [4.78, 5) is 2.36. The number of ether oxygens (including phenoxy) is 1. The minimum atomic E-state index is -0.106. The molecule has 0 radical (unpaired) electrons. The van der Waals surface area contributed by atoms with E-state index in [1.807, 2.05) is 12.1 Å². The molecule has 11 rings (SSSR count). The maximum Gasteiger partial charge on any atom is 0.138 e. The van der Waals surface area contributed by atoms with E-state index in [4.69, 9.17) is 9.15 Å². The number of furan rings is 1. The third-order valence-electron chi connectivity index (χ3n) is 12.3. The molecule has 3 heteroatoms. The van der Waals surface area contributed by atoms with Gasteiger partial charge in [-0.2, -0.15) is 0 Å². The van der Waals surface area contributed by atoms with Gasteiger partial charge >= 0.3 is 0 Å². The highest BCUT2D eigenvalue weighted by Crippen LogP contribution is 2.51. The van der Waals surface area contributed by atoms with Crippen LogP contribution in [0.4, 0.5) is 11.4 Å². The molecule has 282 valence electrons. The summed E-state index contributed by atoms with van der Waals surface area (Å²) in [6.07, 6.45) is 3.01. The summed E-state index contributed by atoms with van der Waals surface area (Å²) in [5.74, 6) is 1.46. The van der Waals surface area contributed by atoms with Crippen LogP contribution in [0.5, 0.6) is 5.75 Å². The van der Waals surface area contributed by atoms with Crippen molar-refractivity contribution in [1.29, 1.82) is 0 Å². The lowest BCUT2D eigenvalue weighted by Crippen LogP contribution is -2.17. The van der Waals surface area contributed by atoms with Crippen molar-refractivity contribution in [3.63, 3.8) is 0 Å². The van der Waals surface area contributed by atoms with Crippen LogP contribution in [0.25, 0.3) is 66.8 Å². The molecule has 0 saturated carbocycles. The van der Waals surface area contributed by atoms with Gasteiger partial charge in [0.05, 0.1) is 5.70 Å². The van der Waals surface area contributed by atoms with Crippen LogP contribution in [-0.2, 0) is 11.8 Å². The van der Waals surface area contributed by atoms with Gasteiger partial charge in [-0.25, -0.2) is 0 Å². The largest absolute Gasteiger partial charge is 0.456 e. The minimum Gasteiger partial charge on any atom is -0.456 e. The number of fused-ring (bicyclic) bond motifs is 8.